The van der Waals surface area contributed by atoms with Crippen molar-refractivity contribution in [2.24, 2.45) is 7.05 Å². The van der Waals surface area contributed by atoms with Gasteiger partial charge < -0.3 is 19.3 Å². The molecule has 0 radical (unpaired) electrons. The highest BCUT2D eigenvalue weighted by atomic mass is 16.5. The van der Waals surface area contributed by atoms with Crippen LogP contribution in [-0.2, 0) is 18.3 Å². The number of carbonyl (C=O) groups excluding carboxylic acids is 2. The van der Waals surface area contributed by atoms with Crippen LogP contribution in [0.1, 0.15) is 40.3 Å². The lowest BCUT2D eigenvalue weighted by molar-refractivity contribution is 0.0513. The largest absolute Gasteiger partial charge is 0.486 e. The van der Waals surface area contributed by atoms with Crippen molar-refractivity contribution in [1.29, 1.82) is 0 Å². The summed E-state index contributed by atoms with van der Waals surface area (Å²) < 4.78 is 11.7. The number of esters is 1. The molecule has 0 aliphatic heterocycles. The van der Waals surface area contributed by atoms with E-state index in [1.165, 1.54) is 9.47 Å². The van der Waals surface area contributed by atoms with Crippen LogP contribution in [0.2, 0.25) is 0 Å². The Hall–Kier alpha value is -3.36. The van der Waals surface area contributed by atoms with Gasteiger partial charge in [0.15, 0.2) is 5.69 Å². The molecule has 1 heterocycles. The molecule has 0 saturated heterocycles. The molecule has 30 heavy (non-hydrogen) atoms. The smallest absolute Gasteiger partial charge is 0.361 e. The fourth-order valence-electron chi connectivity index (χ4n) is 2.96. The van der Waals surface area contributed by atoms with Gasteiger partial charge in [-0.2, -0.15) is 0 Å². The molecular formula is C21H28N4O5. The highest BCUT2D eigenvalue weighted by Gasteiger charge is 2.25. The Labute approximate surface area is 175 Å². The summed E-state index contributed by atoms with van der Waals surface area (Å²) in [4.78, 5) is 45.3. The first kappa shape index (κ1) is 22.9. The lowest BCUT2D eigenvalue weighted by atomic mass is 10.1. The Morgan fingerprint density at radius 1 is 1.10 bits per heavy atom. The Morgan fingerprint density at radius 2 is 1.77 bits per heavy atom. The molecule has 0 spiro atoms. The molecule has 9 nitrogen and oxygen atoms in total. The fraction of sp³-hybridized carbons (Fsp3) is 0.429. The minimum absolute atomic E-state index is 0.125. The third-order valence-electron chi connectivity index (χ3n) is 4.39. The van der Waals surface area contributed by atoms with Crippen molar-refractivity contribution < 1.29 is 19.1 Å². The van der Waals surface area contributed by atoms with Crippen molar-refractivity contribution in [2.45, 2.75) is 20.4 Å². The van der Waals surface area contributed by atoms with Gasteiger partial charge in [-0.25, -0.2) is 9.78 Å². The van der Waals surface area contributed by atoms with E-state index in [0.717, 1.165) is 5.56 Å². The molecule has 2 rings (SSSR count). The quantitative estimate of drug-likeness (QED) is 0.605. The molecule has 0 aliphatic carbocycles. The molecule has 0 saturated carbocycles. The summed E-state index contributed by atoms with van der Waals surface area (Å²) >= 11 is 0. The van der Waals surface area contributed by atoms with E-state index >= 15 is 0 Å². The van der Waals surface area contributed by atoms with Gasteiger partial charge in [0.05, 0.1) is 13.2 Å². The molecule has 1 aromatic heterocycles. The fourth-order valence-corrected chi connectivity index (χ4v) is 2.96. The molecule has 0 aliphatic rings. The predicted octanol–water partition coefficient (Wildman–Crippen LogP) is 1.69. The second-order valence-corrected chi connectivity index (χ2v) is 6.82. The van der Waals surface area contributed by atoms with Crippen LogP contribution in [0.15, 0.2) is 29.1 Å². The van der Waals surface area contributed by atoms with Gasteiger partial charge in [-0.1, -0.05) is 18.2 Å². The molecule has 0 atom stereocenters. The van der Waals surface area contributed by atoms with E-state index in [1.807, 2.05) is 12.1 Å². The van der Waals surface area contributed by atoms with Gasteiger partial charge in [-0.05, 0) is 25.5 Å². The number of nitrogens with zero attached hydrogens (tertiary/aromatic N) is 4. The van der Waals surface area contributed by atoms with Gasteiger partial charge in [-0.15, -0.1) is 0 Å². The van der Waals surface area contributed by atoms with Crippen molar-refractivity contribution in [3.8, 4) is 5.75 Å². The number of aromatic nitrogens is 2. The van der Waals surface area contributed by atoms with E-state index in [-0.39, 0.29) is 36.5 Å². The number of hydrogen-bond donors (Lipinski definition) is 0. The van der Waals surface area contributed by atoms with Crippen LogP contribution >= 0.6 is 0 Å². The van der Waals surface area contributed by atoms with Gasteiger partial charge in [0.1, 0.15) is 0 Å². The average molecular weight is 416 g/mol. The maximum atomic E-state index is 12.8. The zero-order valence-electron chi connectivity index (χ0n) is 18.3. The van der Waals surface area contributed by atoms with Gasteiger partial charge in [-0.3, -0.25) is 14.2 Å². The number of hydrogen-bond acceptors (Lipinski definition) is 7. The summed E-state index contributed by atoms with van der Waals surface area (Å²) in [5, 5.41) is 0. The number of rotatable bonds is 8. The van der Waals surface area contributed by atoms with E-state index in [4.69, 9.17) is 9.47 Å². The van der Waals surface area contributed by atoms with Crippen molar-refractivity contribution >= 4 is 17.8 Å². The predicted molar refractivity (Wildman–Crippen MR) is 113 cm³/mol. The standard InChI is InChI=1S/C21H28N4O5/c1-7-29-17-16(20(28)30-8-2)22-21(25(6)19(17)27)24(5)13-14-11-9-10-12-15(14)18(26)23(3)4/h9-12H,7-8,13H2,1-6H3. The number of benzene rings is 1. The third kappa shape index (κ3) is 4.79. The van der Waals surface area contributed by atoms with Crippen molar-refractivity contribution in [3.63, 3.8) is 0 Å². The van der Waals surface area contributed by atoms with Gasteiger partial charge in [0.2, 0.25) is 11.7 Å². The lowest BCUT2D eigenvalue weighted by Gasteiger charge is -2.23. The lowest BCUT2D eigenvalue weighted by Crippen LogP contribution is -2.32. The first-order valence-electron chi connectivity index (χ1n) is 9.64. The van der Waals surface area contributed by atoms with Gasteiger partial charge in [0.25, 0.3) is 11.5 Å². The topological polar surface area (TPSA) is 94.0 Å². The highest BCUT2D eigenvalue weighted by Crippen LogP contribution is 2.20. The zero-order valence-corrected chi connectivity index (χ0v) is 18.3. The molecule has 1 amide bonds. The Balaban J connectivity index is 2.51. The summed E-state index contributed by atoms with van der Waals surface area (Å²) in [6.07, 6.45) is 0. The average Bonchev–Trinajstić information content (AvgIpc) is 2.71. The van der Waals surface area contributed by atoms with E-state index < -0.39 is 11.5 Å². The Morgan fingerprint density at radius 3 is 2.37 bits per heavy atom. The molecule has 1 aromatic carbocycles. The SMILES string of the molecule is CCOC(=O)c1nc(N(C)Cc2ccccc2C(=O)N(C)C)n(C)c(=O)c1OCC. The van der Waals surface area contributed by atoms with Crippen LogP contribution in [0.25, 0.3) is 0 Å². The van der Waals surface area contributed by atoms with Crippen LogP contribution in [-0.4, -0.2) is 60.7 Å². The molecule has 162 valence electrons. The number of anilines is 1. The van der Waals surface area contributed by atoms with E-state index in [0.29, 0.717) is 12.1 Å². The Kier molecular flexibility index (Phi) is 7.57. The van der Waals surface area contributed by atoms with Crippen LogP contribution < -0.4 is 15.2 Å². The first-order chi connectivity index (χ1) is 14.2. The summed E-state index contributed by atoms with van der Waals surface area (Å²) in [5.41, 5.74) is 0.658. The minimum atomic E-state index is -0.725. The number of ether oxygens (including phenoxy) is 2. The van der Waals surface area contributed by atoms with E-state index in [2.05, 4.69) is 4.98 Å². The second-order valence-electron chi connectivity index (χ2n) is 6.82. The summed E-state index contributed by atoms with van der Waals surface area (Å²) in [6, 6.07) is 7.22. The Bertz CT molecular complexity index is 984. The van der Waals surface area contributed by atoms with Gasteiger partial charge >= 0.3 is 5.97 Å². The monoisotopic (exact) mass is 416 g/mol. The van der Waals surface area contributed by atoms with Crippen LogP contribution in [0.4, 0.5) is 5.95 Å². The van der Waals surface area contributed by atoms with E-state index in [9.17, 15) is 14.4 Å². The summed E-state index contributed by atoms with van der Waals surface area (Å²) in [6.45, 7) is 4.04. The molecular weight excluding hydrogens is 388 g/mol. The van der Waals surface area contributed by atoms with Crippen molar-refractivity contribution in [3.05, 3.63) is 51.4 Å². The van der Waals surface area contributed by atoms with Crippen LogP contribution in [0.5, 0.6) is 5.75 Å². The first-order valence-corrected chi connectivity index (χ1v) is 9.64. The molecule has 0 N–H and O–H groups in total. The maximum absolute atomic E-state index is 12.8. The normalized spacial score (nSPS) is 10.5. The van der Waals surface area contributed by atoms with Crippen molar-refractivity contribution in [1.82, 2.24) is 14.5 Å². The summed E-state index contributed by atoms with van der Waals surface area (Å²) in [7, 11) is 6.65. The summed E-state index contributed by atoms with van der Waals surface area (Å²) in [5.74, 6) is -0.742. The molecule has 0 bridgehead atoms. The van der Waals surface area contributed by atoms with Crippen molar-refractivity contribution in [2.75, 3.05) is 39.3 Å². The highest BCUT2D eigenvalue weighted by molar-refractivity contribution is 5.95. The minimum Gasteiger partial charge on any atom is -0.486 e. The molecule has 2 aromatic rings. The second kappa shape index (κ2) is 9.91. The molecule has 0 unspecified atom stereocenters. The van der Waals surface area contributed by atoms with E-state index in [1.54, 1.807) is 59.1 Å². The van der Waals surface area contributed by atoms with Gasteiger partial charge in [0, 0.05) is 40.3 Å². The van der Waals surface area contributed by atoms with Crippen LogP contribution in [0, 0.1) is 0 Å². The number of amides is 1. The number of carbonyl (C=O) groups is 2. The zero-order chi connectivity index (χ0) is 22.4. The molecule has 9 heteroatoms. The third-order valence-corrected chi connectivity index (χ3v) is 4.39. The molecule has 0 fully saturated rings. The maximum Gasteiger partial charge on any atom is 0.361 e. The van der Waals surface area contributed by atoms with Crippen LogP contribution in [0.3, 0.4) is 0 Å².